The van der Waals surface area contributed by atoms with E-state index in [1.807, 2.05) is 11.8 Å². The monoisotopic (exact) mass is 226 g/mol. The molecule has 2 aliphatic heterocycles. The van der Waals surface area contributed by atoms with E-state index in [4.69, 9.17) is 4.74 Å². The highest BCUT2D eigenvalue weighted by molar-refractivity contribution is 5.81. The van der Waals surface area contributed by atoms with E-state index < -0.39 is 0 Å². The molecule has 4 heteroatoms. The van der Waals surface area contributed by atoms with E-state index >= 15 is 0 Å². The Morgan fingerprint density at radius 1 is 1.44 bits per heavy atom. The Hall–Kier alpha value is -0.610. The molecule has 2 heterocycles. The quantitative estimate of drug-likeness (QED) is 0.695. The summed E-state index contributed by atoms with van der Waals surface area (Å²) in [6, 6.07) is 0.906. The van der Waals surface area contributed by atoms with Crippen LogP contribution in [0.1, 0.15) is 26.7 Å². The number of hydrogen-bond acceptors (Lipinski definition) is 3. The molecule has 0 aromatic rings. The highest BCUT2D eigenvalue weighted by Crippen LogP contribution is 2.25. The van der Waals surface area contributed by atoms with Gasteiger partial charge in [0.1, 0.15) is 6.10 Å². The van der Waals surface area contributed by atoms with Crippen LogP contribution in [-0.2, 0) is 9.53 Å². The number of rotatable bonds is 2. The third-order valence-electron chi connectivity index (χ3n) is 3.92. The number of ether oxygens (including phenoxy) is 1. The van der Waals surface area contributed by atoms with Gasteiger partial charge in [-0.1, -0.05) is 0 Å². The second-order valence-corrected chi connectivity index (χ2v) is 5.01. The molecule has 0 bridgehead atoms. The van der Waals surface area contributed by atoms with Gasteiger partial charge in [-0.3, -0.25) is 9.69 Å². The van der Waals surface area contributed by atoms with Gasteiger partial charge in [-0.2, -0.15) is 0 Å². The first-order chi connectivity index (χ1) is 7.63. The molecule has 0 spiro atoms. The summed E-state index contributed by atoms with van der Waals surface area (Å²) in [5, 5.41) is 0. The zero-order valence-electron chi connectivity index (χ0n) is 10.5. The summed E-state index contributed by atoms with van der Waals surface area (Å²) in [6.45, 7) is 7.07. The highest BCUT2D eigenvalue weighted by Gasteiger charge is 2.37. The van der Waals surface area contributed by atoms with Crippen LogP contribution in [0.25, 0.3) is 0 Å². The largest absolute Gasteiger partial charge is 0.372 e. The molecule has 0 aromatic heterocycles. The summed E-state index contributed by atoms with van der Waals surface area (Å²) in [5.74, 6) is 0.140. The van der Waals surface area contributed by atoms with Crippen LogP contribution in [0.4, 0.5) is 0 Å². The number of carbonyl (C=O) groups excluding carboxylic acids is 1. The van der Waals surface area contributed by atoms with E-state index in [2.05, 4.69) is 11.8 Å². The molecule has 0 N–H and O–H groups in total. The average Bonchev–Trinajstić information content (AvgIpc) is 2.72. The van der Waals surface area contributed by atoms with Gasteiger partial charge >= 0.3 is 0 Å². The molecule has 3 atom stereocenters. The summed E-state index contributed by atoms with van der Waals surface area (Å²) >= 11 is 0. The molecule has 4 nitrogen and oxygen atoms in total. The van der Waals surface area contributed by atoms with Crippen molar-refractivity contribution in [1.29, 1.82) is 0 Å². The third kappa shape index (κ3) is 2.09. The van der Waals surface area contributed by atoms with Crippen LogP contribution >= 0.6 is 0 Å². The fraction of sp³-hybridized carbons (Fsp3) is 0.917. The molecular weight excluding hydrogens is 204 g/mol. The standard InChI is InChI=1S/C12H22N2O2/c1-9-7-13-6-4-5-11(13)8-14(9)12(15)10(2)16-3/h9-11H,4-8H2,1-3H3. The number of nitrogens with zero attached hydrogens (tertiary/aromatic N) is 2. The minimum atomic E-state index is -0.310. The predicted molar refractivity (Wildman–Crippen MR) is 62.2 cm³/mol. The number of fused-ring (bicyclic) bond motifs is 1. The van der Waals surface area contributed by atoms with Gasteiger partial charge in [0.2, 0.25) is 0 Å². The van der Waals surface area contributed by atoms with Gasteiger partial charge in [0.15, 0.2) is 0 Å². The summed E-state index contributed by atoms with van der Waals surface area (Å²) in [5.41, 5.74) is 0. The lowest BCUT2D eigenvalue weighted by atomic mass is 10.1. The SMILES string of the molecule is COC(C)C(=O)N1CC2CCCN2CC1C. The minimum Gasteiger partial charge on any atom is -0.372 e. The van der Waals surface area contributed by atoms with E-state index in [0.29, 0.717) is 12.1 Å². The molecule has 2 saturated heterocycles. The summed E-state index contributed by atoms with van der Waals surface area (Å²) in [6.07, 6.45) is 2.20. The fourth-order valence-electron chi connectivity index (χ4n) is 2.83. The number of methoxy groups -OCH3 is 1. The van der Waals surface area contributed by atoms with Crippen molar-refractivity contribution >= 4 is 5.91 Å². The lowest BCUT2D eigenvalue weighted by molar-refractivity contribution is -0.146. The number of hydrogen-bond donors (Lipinski definition) is 0. The molecular formula is C12H22N2O2. The maximum atomic E-state index is 12.1. The average molecular weight is 226 g/mol. The van der Waals surface area contributed by atoms with E-state index in [9.17, 15) is 4.79 Å². The molecule has 92 valence electrons. The number of carbonyl (C=O) groups is 1. The van der Waals surface area contributed by atoms with Crippen LogP contribution in [0.3, 0.4) is 0 Å². The van der Waals surface area contributed by atoms with Crippen LogP contribution in [0.2, 0.25) is 0 Å². The molecule has 0 aromatic carbocycles. The van der Waals surface area contributed by atoms with Crippen LogP contribution in [0.15, 0.2) is 0 Å². The van der Waals surface area contributed by atoms with Crippen molar-refractivity contribution in [2.24, 2.45) is 0 Å². The van der Waals surface area contributed by atoms with Crippen LogP contribution in [0.5, 0.6) is 0 Å². The van der Waals surface area contributed by atoms with Crippen molar-refractivity contribution in [3.63, 3.8) is 0 Å². The van der Waals surface area contributed by atoms with Gasteiger partial charge in [-0.15, -0.1) is 0 Å². The van der Waals surface area contributed by atoms with Gasteiger partial charge in [-0.25, -0.2) is 0 Å². The summed E-state index contributed by atoms with van der Waals surface area (Å²) < 4.78 is 5.12. The molecule has 2 rings (SSSR count). The van der Waals surface area contributed by atoms with Crippen molar-refractivity contribution in [3.05, 3.63) is 0 Å². The lowest BCUT2D eigenvalue weighted by Crippen LogP contribution is -2.58. The number of piperazine rings is 1. The van der Waals surface area contributed by atoms with Crippen molar-refractivity contribution < 1.29 is 9.53 Å². The second-order valence-electron chi connectivity index (χ2n) is 5.01. The molecule has 2 fully saturated rings. The minimum absolute atomic E-state index is 0.140. The van der Waals surface area contributed by atoms with E-state index in [0.717, 1.165) is 13.1 Å². The van der Waals surface area contributed by atoms with E-state index in [1.54, 1.807) is 7.11 Å². The zero-order chi connectivity index (χ0) is 11.7. The Morgan fingerprint density at radius 2 is 2.19 bits per heavy atom. The number of amides is 1. The zero-order valence-corrected chi connectivity index (χ0v) is 10.5. The topological polar surface area (TPSA) is 32.8 Å². The maximum Gasteiger partial charge on any atom is 0.251 e. The Morgan fingerprint density at radius 3 is 2.88 bits per heavy atom. The van der Waals surface area contributed by atoms with E-state index in [1.165, 1.54) is 19.4 Å². The molecule has 0 aliphatic carbocycles. The van der Waals surface area contributed by atoms with Crippen molar-refractivity contribution in [1.82, 2.24) is 9.80 Å². The summed E-state index contributed by atoms with van der Waals surface area (Å²) in [4.78, 5) is 16.6. The van der Waals surface area contributed by atoms with Crippen LogP contribution in [-0.4, -0.2) is 60.6 Å². The normalized spacial score (nSPS) is 32.6. The fourth-order valence-corrected chi connectivity index (χ4v) is 2.83. The van der Waals surface area contributed by atoms with Crippen molar-refractivity contribution in [2.45, 2.75) is 44.9 Å². The summed E-state index contributed by atoms with van der Waals surface area (Å²) in [7, 11) is 1.60. The first-order valence-electron chi connectivity index (χ1n) is 6.20. The van der Waals surface area contributed by atoms with Crippen LogP contribution in [0, 0.1) is 0 Å². The molecule has 2 aliphatic rings. The molecule has 0 radical (unpaired) electrons. The Bertz CT molecular complexity index is 270. The van der Waals surface area contributed by atoms with Gasteiger partial charge in [0.05, 0.1) is 0 Å². The predicted octanol–water partition coefficient (Wildman–Crippen LogP) is 0.716. The Balaban J connectivity index is 2.02. The first kappa shape index (κ1) is 11.9. The third-order valence-corrected chi connectivity index (χ3v) is 3.92. The Labute approximate surface area is 97.5 Å². The second kappa shape index (κ2) is 4.72. The van der Waals surface area contributed by atoms with Gasteiger partial charge in [-0.05, 0) is 33.2 Å². The molecule has 0 saturated carbocycles. The highest BCUT2D eigenvalue weighted by atomic mass is 16.5. The van der Waals surface area contributed by atoms with Crippen molar-refractivity contribution in [3.8, 4) is 0 Å². The molecule has 1 amide bonds. The van der Waals surface area contributed by atoms with Gasteiger partial charge in [0.25, 0.3) is 5.91 Å². The maximum absolute atomic E-state index is 12.1. The van der Waals surface area contributed by atoms with Crippen molar-refractivity contribution in [2.75, 3.05) is 26.7 Å². The van der Waals surface area contributed by atoms with Crippen LogP contribution < -0.4 is 0 Å². The molecule has 16 heavy (non-hydrogen) atoms. The smallest absolute Gasteiger partial charge is 0.251 e. The van der Waals surface area contributed by atoms with Gasteiger partial charge in [0, 0.05) is 32.3 Å². The lowest BCUT2D eigenvalue weighted by Gasteiger charge is -2.43. The van der Waals surface area contributed by atoms with Gasteiger partial charge < -0.3 is 9.64 Å². The van der Waals surface area contributed by atoms with E-state index in [-0.39, 0.29) is 12.0 Å². The molecule has 3 unspecified atom stereocenters. The first-order valence-corrected chi connectivity index (χ1v) is 6.20. The Kier molecular flexibility index (Phi) is 3.50.